The van der Waals surface area contributed by atoms with Crippen LogP contribution in [0.15, 0.2) is 48.8 Å². The van der Waals surface area contributed by atoms with Gasteiger partial charge in [0.05, 0.1) is 50.1 Å². The first-order valence-corrected chi connectivity index (χ1v) is 19.5. The van der Waals surface area contributed by atoms with Crippen LogP contribution in [0.4, 0.5) is 18.4 Å². The lowest BCUT2D eigenvalue weighted by molar-refractivity contribution is -0.135. The number of aromatic amines is 2. The van der Waals surface area contributed by atoms with Gasteiger partial charge in [-0.1, -0.05) is 38.8 Å². The molecule has 0 unspecified atom stereocenters. The molecule has 2 aliphatic heterocycles. The second kappa shape index (κ2) is 19.1. The summed E-state index contributed by atoms with van der Waals surface area (Å²) in [6, 6.07) is 6.61. The Bertz CT molecular complexity index is 2090. The summed E-state index contributed by atoms with van der Waals surface area (Å²) >= 11 is 0. The molecule has 4 amide bonds. The number of likely N-dealkylation sites (tertiary alicyclic amines) is 1. The van der Waals surface area contributed by atoms with Gasteiger partial charge < -0.3 is 45.0 Å². The van der Waals surface area contributed by atoms with Crippen molar-refractivity contribution in [2.75, 3.05) is 34.0 Å². The molecule has 2 aromatic heterocycles. The summed E-state index contributed by atoms with van der Waals surface area (Å²) in [4.78, 5) is 67.7. The number of H-pyrrole nitrogens is 2. The average Bonchev–Trinajstić information content (AvgIpc) is 4.01. The van der Waals surface area contributed by atoms with Crippen LogP contribution in [0.2, 0.25) is 0 Å². The normalized spacial score (nSPS) is 19.7. The standard InChI is InChI=1S/C41H50F2N8O7/c1-23(2)35(50-41(55)57-4)39(53)51-16-8-10-34(51)37-45-22-33(47-37)27-14-12-25(20-29(27)43)24-11-13-26(28(42)19-24)32-21-44-36(46-32)30-15-18-58-17-7-5-6-9-31(38(52)48-30)49-40(54)56-3/h11-14,19-23,30-31,34-35H,5-10,15-18H2,1-4H3,(H,44,46)(H,45,47)(H,48,52)(H,49,54)(H,50,55)/t30-,31-,34-,35-/m0/s1. The molecular formula is C41H50F2N8O7. The number of imidazole rings is 2. The van der Waals surface area contributed by atoms with Gasteiger partial charge in [-0.2, -0.15) is 0 Å². The Balaban J connectivity index is 1.15. The Morgan fingerprint density at radius 1 is 0.828 bits per heavy atom. The molecule has 17 heteroatoms. The van der Waals surface area contributed by atoms with E-state index in [9.17, 15) is 19.2 Å². The Hall–Kier alpha value is -5.84. The number of rotatable bonds is 9. The van der Waals surface area contributed by atoms with Crippen molar-refractivity contribution in [2.24, 2.45) is 5.92 Å². The maximum atomic E-state index is 15.7. The third-order valence-corrected chi connectivity index (χ3v) is 10.6. The highest BCUT2D eigenvalue weighted by Crippen LogP contribution is 2.35. The smallest absolute Gasteiger partial charge is 0.407 e. The number of hydrogen-bond acceptors (Lipinski definition) is 9. The fourth-order valence-corrected chi connectivity index (χ4v) is 7.36. The van der Waals surface area contributed by atoms with Crippen LogP contribution in [0.5, 0.6) is 0 Å². The van der Waals surface area contributed by atoms with Crippen molar-refractivity contribution in [3.63, 3.8) is 0 Å². The first kappa shape index (κ1) is 41.8. The minimum atomic E-state index is -0.799. The SMILES string of the molecule is COC(=O)N[C@H]1CCCCCOCC[C@@H](c2ncc(-c3ccc(-c4ccc(-c5cnc([C@@H]6CCCN6C(=O)[C@@H](NC(=O)OC)C(C)C)[nH]5)c(F)c4)cc3F)[nH]2)NC1=O. The van der Waals surface area contributed by atoms with Crippen LogP contribution >= 0.6 is 0 Å². The van der Waals surface area contributed by atoms with Crippen LogP contribution in [0.3, 0.4) is 0 Å². The van der Waals surface area contributed by atoms with Gasteiger partial charge in [0, 0.05) is 30.9 Å². The molecule has 6 rings (SSSR count). The van der Waals surface area contributed by atoms with Crippen molar-refractivity contribution in [1.82, 2.24) is 40.8 Å². The van der Waals surface area contributed by atoms with Crippen molar-refractivity contribution in [1.29, 1.82) is 0 Å². The number of alkyl carbamates (subject to hydrolysis) is 2. The second-order valence-corrected chi connectivity index (χ2v) is 14.8. The van der Waals surface area contributed by atoms with E-state index in [2.05, 4.69) is 35.9 Å². The zero-order valence-corrected chi connectivity index (χ0v) is 33.0. The number of amides is 4. The molecule has 2 aromatic carbocycles. The summed E-state index contributed by atoms with van der Waals surface area (Å²) in [5.74, 6) is -1.05. The molecule has 2 fully saturated rings. The van der Waals surface area contributed by atoms with E-state index in [1.807, 2.05) is 13.8 Å². The van der Waals surface area contributed by atoms with Gasteiger partial charge in [-0.3, -0.25) is 9.59 Å². The first-order chi connectivity index (χ1) is 28.0. The zero-order valence-electron chi connectivity index (χ0n) is 33.0. The molecule has 0 radical (unpaired) electrons. The van der Waals surface area contributed by atoms with Crippen LogP contribution in [-0.2, 0) is 23.8 Å². The fourth-order valence-electron chi connectivity index (χ4n) is 7.36. The van der Waals surface area contributed by atoms with E-state index in [4.69, 9.17) is 14.2 Å². The molecule has 2 aliphatic rings. The topological polar surface area (TPSA) is 193 Å². The summed E-state index contributed by atoms with van der Waals surface area (Å²) < 4.78 is 46.7. The van der Waals surface area contributed by atoms with Gasteiger partial charge in [-0.05, 0) is 73.4 Å². The fraction of sp³-hybridized carbons (Fsp3) is 0.463. The van der Waals surface area contributed by atoms with E-state index in [-0.39, 0.29) is 29.0 Å². The molecule has 58 heavy (non-hydrogen) atoms. The summed E-state index contributed by atoms with van der Waals surface area (Å²) in [6.07, 6.45) is 6.19. The van der Waals surface area contributed by atoms with Gasteiger partial charge in [-0.25, -0.2) is 28.3 Å². The molecule has 0 bridgehead atoms. The third-order valence-electron chi connectivity index (χ3n) is 10.6. The van der Waals surface area contributed by atoms with Crippen molar-refractivity contribution in [2.45, 2.75) is 83.0 Å². The highest BCUT2D eigenvalue weighted by molar-refractivity contribution is 5.87. The van der Waals surface area contributed by atoms with Gasteiger partial charge in [-0.15, -0.1) is 0 Å². The number of benzene rings is 2. The van der Waals surface area contributed by atoms with Gasteiger partial charge in [0.1, 0.15) is 35.4 Å². The third kappa shape index (κ3) is 9.81. The number of halogens is 2. The number of carbonyl (C=O) groups is 4. The largest absolute Gasteiger partial charge is 0.453 e. The average molecular weight is 805 g/mol. The maximum absolute atomic E-state index is 15.7. The van der Waals surface area contributed by atoms with Crippen LogP contribution in [0.1, 0.15) is 82.5 Å². The highest BCUT2D eigenvalue weighted by Gasteiger charge is 2.37. The molecule has 4 heterocycles. The van der Waals surface area contributed by atoms with Gasteiger partial charge in [0.25, 0.3) is 0 Å². The molecule has 0 saturated carbocycles. The van der Waals surface area contributed by atoms with Gasteiger partial charge >= 0.3 is 12.2 Å². The minimum Gasteiger partial charge on any atom is -0.453 e. The first-order valence-electron chi connectivity index (χ1n) is 19.5. The van der Waals surface area contributed by atoms with E-state index >= 15 is 8.78 Å². The van der Waals surface area contributed by atoms with Crippen LogP contribution in [0, 0.1) is 17.6 Å². The molecular weight excluding hydrogens is 754 g/mol. The number of nitrogens with one attached hydrogen (secondary N) is 5. The van der Waals surface area contributed by atoms with Crippen molar-refractivity contribution < 1.29 is 42.2 Å². The molecule has 4 atom stereocenters. The Morgan fingerprint density at radius 2 is 1.47 bits per heavy atom. The van der Waals surface area contributed by atoms with E-state index in [0.29, 0.717) is 79.6 Å². The lowest BCUT2D eigenvalue weighted by Gasteiger charge is -2.30. The van der Waals surface area contributed by atoms with Crippen LogP contribution in [0.25, 0.3) is 33.6 Å². The van der Waals surface area contributed by atoms with E-state index in [1.54, 1.807) is 29.2 Å². The summed E-state index contributed by atoms with van der Waals surface area (Å²) in [5, 5.41) is 8.18. The Kier molecular flexibility index (Phi) is 13.7. The summed E-state index contributed by atoms with van der Waals surface area (Å²) in [6.45, 7) is 5.08. The van der Waals surface area contributed by atoms with Gasteiger partial charge in [0.15, 0.2) is 0 Å². The lowest BCUT2D eigenvalue weighted by atomic mass is 10.00. The highest BCUT2D eigenvalue weighted by atomic mass is 19.1. The van der Waals surface area contributed by atoms with Crippen molar-refractivity contribution in [3.05, 3.63) is 72.1 Å². The number of methoxy groups -OCH3 is 2. The Labute approximate surface area is 335 Å². The summed E-state index contributed by atoms with van der Waals surface area (Å²) in [7, 11) is 2.48. The lowest BCUT2D eigenvalue weighted by Crippen LogP contribution is -2.51. The number of nitrogens with zero attached hydrogens (tertiary/aromatic N) is 3. The van der Waals surface area contributed by atoms with Crippen molar-refractivity contribution in [3.8, 4) is 33.6 Å². The Morgan fingerprint density at radius 3 is 2.09 bits per heavy atom. The predicted molar refractivity (Wildman–Crippen MR) is 209 cm³/mol. The number of aromatic nitrogens is 4. The van der Waals surface area contributed by atoms with E-state index in [0.717, 1.165) is 19.3 Å². The second-order valence-electron chi connectivity index (χ2n) is 14.8. The minimum absolute atomic E-state index is 0.185. The molecule has 15 nitrogen and oxygen atoms in total. The van der Waals surface area contributed by atoms with E-state index in [1.165, 1.54) is 38.7 Å². The monoisotopic (exact) mass is 804 g/mol. The number of ether oxygens (including phenoxy) is 3. The summed E-state index contributed by atoms with van der Waals surface area (Å²) in [5.41, 5.74) is 2.18. The van der Waals surface area contributed by atoms with Crippen LogP contribution in [-0.4, -0.2) is 94.9 Å². The number of hydrogen-bond donors (Lipinski definition) is 5. The zero-order chi connectivity index (χ0) is 41.3. The molecule has 5 N–H and O–H groups in total. The maximum Gasteiger partial charge on any atom is 0.407 e. The number of carbonyl (C=O) groups excluding carboxylic acids is 4. The van der Waals surface area contributed by atoms with Crippen molar-refractivity contribution >= 4 is 24.0 Å². The molecule has 0 spiro atoms. The van der Waals surface area contributed by atoms with Crippen LogP contribution < -0.4 is 16.0 Å². The van der Waals surface area contributed by atoms with Gasteiger partial charge in [0.2, 0.25) is 11.8 Å². The predicted octanol–water partition coefficient (Wildman–Crippen LogP) is 6.32. The van der Waals surface area contributed by atoms with E-state index < -0.39 is 47.9 Å². The molecule has 310 valence electrons. The quantitative estimate of drug-likeness (QED) is 0.129. The molecule has 4 aromatic rings. The molecule has 0 aliphatic carbocycles. The molecule has 2 saturated heterocycles.